The van der Waals surface area contributed by atoms with Gasteiger partial charge in [0.1, 0.15) is 10.9 Å². The van der Waals surface area contributed by atoms with E-state index in [9.17, 15) is 0 Å². The third-order valence-corrected chi connectivity index (χ3v) is 3.12. The monoisotopic (exact) mass is 242 g/mol. The van der Waals surface area contributed by atoms with Gasteiger partial charge in [-0.1, -0.05) is 0 Å². The minimum Gasteiger partial charge on any atom is -0.469 e. The van der Waals surface area contributed by atoms with Crippen molar-refractivity contribution in [1.29, 1.82) is 0 Å². The van der Waals surface area contributed by atoms with E-state index in [0.29, 0.717) is 19.1 Å². The second-order valence-corrected chi connectivity index (χ2v) is 4.45. The van der Waals surface area contributed by atoms with Crippen LogP contribution < -0.4 is 4.74 Å². The van der Waals surface area contributed by atoms with Gasteiger partial charge in [0.15, 0.2) is 0 Å². The standard InChI is InChI=1S/C9H7ClN2O2S/c10-9-11-7(14-5-3-13-4-5)6-1-2-15-8(6)12-9/h1-2,5H,3-4H2. The SMILES string of the molecule is Clc1nc(OC2COC2)c2ccsc2n1. The summed E-state index contributed by atoms with van der Waals surface area (Å²) >= 11 is 7.32. The fourth-order valence-corrected chi connectivity index (χ4v) is 2.30. The molecule has 4 nitrogen and oxygen atoms in total. The van der Waals surface area contributed by atoms with Crippen molar-refractivity contribution in [2.75, 3.05) is 13.2 Å². The van der Waals surface area contributed by atoms with Gasteiger partial charge in [-0.05, 0) is 23.0 Å². The molecule has 0 radical (unpaired) electrons. The van der Waals surface area contributed by atoms with E-state index in [-0.39, 0.29) is 11.4 Å². The number of aromatic nitrogens is 2. The molecular weight excluding hydrogens is 236 g/mol. The average molecular weight is 243 g/mol. The Balaban J connectivity index is 2.02. The van der Waals surface area contributed by atoms with Gasteiger partial charge in [0.05, 0.1) is 18.6 Å². The molecule has 1 aliphatic heterocycles. The maximum absolute atomic E-state index is 5.80. The minimum absolute atomic E-state index is 0.0964. The van der Waals surface area contributed by atoms with Crippen LogP contribution in [0.2, 0.25) is 5.28 Å². The quantitative estimate of drug-likeness (QED) is 0.757. The molecule has 6 heteroatoms. The van der Waals surface area contributed by atoms with Crippen molar-refractivity contribution >= 4 is 33.2 Å². The molecule has 15 heavy (non-hydrogen) atoms. The van der Waals surface area contributed by atoms with E-state index in [1.807, 2.05) is 11.4 Å². The fourth-order valence-electron chi connectivity index (χ4n) is 1.33. The second kappa shape index (κ2) is 3.59. The zero-order valence-corrected chi connectivity index (χ0v) is 9.22. The Bertz CT molecular complexity index is 498. The van der Waals surface area contributed by atoms with Crippen LogP contribution >= 0.6 is 22.9 Å². The summed E-state index contributed by atoms with van der Waals surface area (Å²) in [5.74, 6) is 0.555. The van der Waals surface area contributed by atoms with Crippen molar-refractivity contribution in [3.63, 3.8) is 0 Å². The Morgan fingerprint density at radius 1 is 1.47 bits per heavy atom. The summed E-state index contributed by atoms with van der Waals surface area (Å²) in [4.78, 5) is 9.04. The largest absolute Gasteiger partial charge is 0.469 e. The van der Waals surface area contributed by atoms with E-state index in [1.165, 1.54) is 11.3 Å². The predicted octanol–water partition coefficient (Wildman–Crippen LogP) is 2.12. The van der Waals surface area contributed by atoms with Crippen LogP contribution in [0.25, 0.3) is 10.2 Å². The Morgan fingerprint density at radius 2 is 2.33 bits per heavy atom. The molecule has 0 saturated carbocycles. The van der Waals surface area contributed by atoms with Crippen molar-refractivity contribution in [2.24, 2.45) is 0 Å². The van der Waals surface area contributed by atoms with Crippen molar-refractivity contribution in [3.05, 3.63) is 16.7 Å². The average Bonchev–Trinajstić information content (AvgIpc) is 2.58. The normalized spacial score (nSPS) is 16.6. The van der Waals surface area contributed by atoms with Crippen LogP contribution in [0, 0.1) is 0 Å². The van der Waals surface area contributed by atoms with Crippen LogP contribution in [-0.2, 0) is 4.74 Å². The zero-order valence-electron chi connectivity index (χ0n) is 7.64. The third-order valence-electron chi connectivity index (χ3n) is 2.15. The summed E-state index contributed by atoms with van der Waals surface area (Å²) in [5, 5.41) is 3.08. The lowest BCUT2D eigenvalue weighted by atomic mass is 10.3. The van der Waals surface area contributed by atoms with Crippen molar-refractivity contribution in [2.45, 2.75) is 6.10 Å². The maximum atomic E-state index is 5.80. The van der Waals surface area contributed by atoms with E-state index >= 15 is 0 Å². The van der Waals surface area contributed by atoms with Gasteiger partial charge >= 0.3 is 0 Å². The molecular formula is C9H7ClN2O2S. The van der Waals surface area contributed by atoms with Gasteiger partial charge in [-0.15, -0.1) is 11.3 Å². The van der Waals surface area contributed by atoms with E-state index < -0.39 is 0 Å². The Labute approximate surface area is 94.8 Å². The Hall–Kier alpha value is -0.910. The van der Waals surface area contributed by atoms with E-state index in [1.54, 1.807) is 0 Å². The van der Waals surface area contributed by atoms with Crippen LogP contribution in [0.3, 0.4) is 0 Å². The summed E-state index contributed by atoms with van der Waals surface area (Å²) in [6, 6.07) is 1.94. The fraction of sp³-hybridized carbons (Fsp3) is 0.333. The number of ether oxygens (including phenoxy) is 2. The number of hydrogen-bond acceptors (Lipinski definition) is 5. The molecule has 0 aromatic carbocycles. The van der Waals surface area contributed by atoms with Gasteiger partial charge in [0.25, 0.3) is 0 Å². The summed E-state index contributed by atoms with van der Waals surface area (Å²) in [6.45, 7) is 1.24. The van der Waals surface area contributed by atoms with Gasteiger partial charge in [-0.25, -0.2) is 4.98 Å². The van der Waals surface area contributed by atoms with Gasteiger partial charge in [0.2, 0.25) is 11.2 Å². The molecule has 0 aliphatic carbocycles. The molecule has 3 rings (SSSR count). The van der Waals surface area contributed by atoms with Crippen molar-refractivity contribution in [3.8, 4) is 5.88 Å². The van der Waals surface area contributed by atoms with Crippen LogP contribution in [0.5, 0.6) is 5.88 Å². The summed E-state index contributed by atoms with van der Waals surface area (Å²) in [7, 11) is 0. The lowest BCUT2D eigenvalue weighted by molar-refractivity contribution is -0.0807. The molecule has 0 bridgehead atoms. The molecule has 1 fully saturated rings. The third kappa shape index (κ3) is 1.67. The molecule has 1 saturated heterocycles. The molecule has 0 N–H and O–H groups in total. The van der Waals surface area contributed by atoms with E-state index in [4.69, 9.17) is 21.1 Å². The molecule has 2 aromatic rings. The van der Waals surface area contributed by atoms with Crippen LogP contribution in [0.1, 0.15) is 0 Å². The maximum Gasteiger partial charge on any atom is 0.227 e. The van der Waals surface area contributed by atoms with E-state index in [2.05, 4.69) is 9.97 Å². The number of fused-ring (bicyclic) bond motifs is 1. The molecule has 0 amide bonds. The van der Waals surface area contributed by atoms with Crippen molar-refractivity contribution in [1.82, 2.24) is 9.97 Å². The van der Waals surface area contributed by atoms with Gasteiger partial charge < -0.3 is 9.47 Å². The number of hydrogen-bond donors (Lipinski definition) is 0. The Kier molecular flexibility index (Phi) is 2.23. The first kappa shape index (κ1) is 9.33. The first-order valence-corrected chi connectivity index (χ1v) is 5.74. The molecule has 3 heterocycles. The highest BCUT2D eigenvalue weighted by molar-refractivity contribution is 7.16. The highest BCUT2D eigenvalue weighted by atomic mass is 35.5. The van der Waals surface area contributed by atoms with Gasteiger partial charge in [-0.3, -0.25) is 0 Å². The summed E-state index contributed by atoms with van der Waals surface area (Å²) in [6.07, 6.45) is 0.0964. The molecule has 2 aromatic heterocycles. The smallest absolute Gasteiger partial charge is 0.227 e. The topological polar surface area (TPSA) is 44.2 Å². The summed E-state index contributed by atoms with van der Waals surface area (Å²) < 4.78 is 10.7. The van der Waals surface area contributed by atoms with Crippen LogP contribution in [0.15, 0.2) is 11.4 Å². The van der Waals surface area contributed by atoms with Crippen LogP contribution in [-0.4, -0.2) is 29.3 Å². The lowest BCUT2D eigenvalue weighted by Crippen LogP contribution is -2.38. The molecule has 0 spiro atoms. The zero-order chi connectivity index (χ0) is 10.3. The van der Waals surface area contributed by atoms with Gasteiger partial charge in [-0.2, -0.15) is 4.98 Å². The number of nitrogens with zero attached hydrogens (tertiary/aromatic N) is 2. The highest BCUT2D eigenvalue weighted by Crippen LogP contribution is 2.29. The molecule has 1 aliphatic rings. The van der Waals surface area contributed by atoms with Crippen molar-refractivity contribution < 1.29 is 9.47 Å². The molecule has 0 atom stereocenters. The minimum atomic E-state index is 0.0964. The first-order chi connectivity index (χ1) is 7.33. The summed E-state index contributed by atoms with van der Waals surface area (Å²) in [5.41, 5.74) is 0. The number of thiophene rings is 1. The highest BCUT2D eigenvalue weighted by Gasteiger charge is 2.22. The van der Waals surface area contributed by atoms with Gasteiger partial charge in [0, 0.05) is 0 Å². The molecule has 0 unspecified atom stereocenters. The lowest BCUT2D eigenvalue weighted by Gasteiger charge is -2.26. The first-order valence-electron chi connectivity index (χ1n) is 4.48. The Morgan fingerprint density at radius 3 is 3.07 bits per heavy atom. The second-order valence-electron chi connectivity index (χ2n) is 3.21. The molecule has 78 valence electrons. The number of halogens is 1. The van der Waals surface area contributed by atoms with Crippen LogP contribution in [0.4, 0.5) is 0 Å². The number of rotatable bonds is 2. The van der Waals surface area contributed by atoms with E-state index in [0.717, 1.165) is 10.2 Å². The predicted molar refractivity (Wildman–Crippen MR) is 57.7 cm³/mol.